The van der Waals surface area contributed by atoms with Gasteiger partial charge >= 0.3 is 6.36 Å². The largest absolute Gasteiger partial charge is 0.573 e. The van der Waals surface area contributed by atoms with Gasteiger partial charge in [-0.25, -0.2) is 0 Å². The van der Waals surface area contributed by atoms with Crippen LogP contribution in [0, 0.1) is 6.92 Å². The molecule has 2 aromatic rings. The number of ether oxygens (including phenoxy) is 1. The molecular weight excluding hydrogens is 349 g/mol. The minimum Gasteiger partial charge on any atom is -0.406 e. The number of aryl methyl sites for hydroxylation is 1. The fourth-order valence-electron chi connectivity index (χ4n) is 1.74. The van der Waals surface area contributed by atoms with Crippen molar-refractivity contribution in [2.24, 2.45) is 0 Å². The van der Waals surface area contributed by atoms with E-state index in [9.17, 15) is 13.2 Å². The lowest BCUT2D eigenvalue weighted by Gasteiger charge is -2.13. The van der Waals surface area contributed by atoms with E-state index in [0.29, 0.717) is 16.4 Å². The van der Waals surface area contributed by atoms with E-state index in [1.807, 2.05) is 13.0 Å². The van der Waals surface area contributed by atoms with Gasteiger partial charge in [-0.05, 0) is 49.0 Å². The van der Waals surface area contributed by atoms with Gasteiger partial charge in [0, 0.05) is 22.5 Å². The van der Waals surface area contributed by atoms with E-state index in [4.69, 9.17) is 23.8 Å². The fourth-order valence-corrected chi connectivity index (χ4v) is 2.15. The van der Waals surface area contributed by atoms with Gasteiger partial charge < -0.3 is 15.4 Å². The third-order valence-electron chi connectivity index (χ3n) is 2.76. The first-order chi connectivity index (χ1) is 10.7. The number of nitrogens with one attached hydrogen (secondary N) is 2. The van der Waals surface area contributed by atoms with Gasteiger partial charge in [0.05, 0.1) is 0 Å². The Kier molecular flexibility index (Phi) is 5.33. The highest BCUT2D eigenvalue weighted by Gasteiger charge is 2.31. The summed E-state index contributed by atoms with van der Waals surface area (Å²) >= 11 is 11.1. The number of anilines is 2. The first kappa shape index (κ1) is 17.4. The lowest BCUT2D eigenvalue weighted by molar-refractivity contribution is -0.274. The molecule has 0 radical (unpaired) electrons. The van der Waals surface area contributed by atoms with Crippen LogP contribution in [0.1, 0.15) is 5.56 Å². The van der Waals surface area contributed by atoms with E-state index >= 15 is 0 Å². The summed E-state index contributed by atoms with van der Waals surface area (Å²) in [6, 6.07) is 10.7. The molecule has 23 heavy (non-hydrogen) atoms. The zero-order valence-corrected chi connectivity index (χ0v) is 13.4. The summed E-state index contributed by atoms with van der Waals surface area (Å²) in [5, 5.41) is 6.48. The van der Waals surface area contributed by atoms with Crippen LogP contribution in [0.15, 0.2) is 42.5 Å². The molecule has 2 N–H and O–H groups in total. The van der Waals surface area contributed by atoms with Gasteiger partial charge in [-0.1, -0.05) is 23.7 Å². The molecular formula is C15H12ClF3N2OS. The molecule has 0 heterocycles. The predicted molar refractivity (Wildman–Crippen MR) is 89.2 cm³/mol. The normalized spacial score (nSPS) is 11.0. The predicted octanol–water partition coefficient (Wildman–Crippen LogP) is 5.36. The second-order valence-corrected chi connectivity index (χ2v) is 5.43. The summed E-state index contributed by atoms with van der Waals surface area (Å²) in [4.78, 5) is 0. The molecule has 8 heteroatoms. The number of thiocarbonyl (C=S) groups is 1. The summed E-state index contributed by atoms with van der Waals surface area (Å²) in [5.74, 6) is -0.330. The number of halogens is 4. The molecule has 0 fully saturated rings. The Morgan fingerprint density at radius 3 is 2.35 bits per heavy atom. The molecule has 0 aliphatic rings. The molecule has 0 amide bonds. The number of benzene rings is 2. The van der Waals surface area contributed by atoms with Gasteiger partial charge in [-0.3, -0.25) is 0 Å². The third kappa shape index (κ3) is 5.61. The van der Waals surface area contributed by atoms with E-state index in [-0.39, 0.29) is 10.9 Å². The maximum atomic E-state index is 12.2. The van der Waals surface area contributed by atoms with Crippen LogP contribution in [0.25, 0.3) is 0 Å². The lowest BCUT2D eigenvalue weighted by Crippen LogP contribution is -2.20. The van der Waals surface area contributed by atoms with Gasteiger partial charge in [0.15, 0.2) is 5.11 Å². The zero-order chi connectivity index (χ0) is 17.0. The average Bonchev–Trinajstić information content (AvgIpc) is 2.41. The van der Waals surface area contributed by atoms with Crippen LogP contribution >= 0.6 is 23.8 Å². The third-order valence-corrected chi connectivity index (χ3v) is 3.37. The minimum atomic E-state index is -4.74. The van der Waals surface area contributed by atoms with Crippen molar-refractivity contribution in [1.29, 1.82) is 0 Å². The van der Waals surface area contributed by atoms with Crippen LogP contribution < -0.4 is 15.4 Å². The Morgan fingerprint density at radius 2 is 1.74 bits per heavy atom. The molecule has 0 saturated heterocycles. The fraction of sp³-hybridized carbons (Fsp3) is 0.133. The van der Waals surface area contributed by atoms with Gasteiger partial charge in [0.2, 0.25) is 0 Å². The van der Waals surface area contributed by atoms with Gasteiger partial charge in [0.1, 0.15) is 5.75 Å². The average molecular weight is 361 g/mol. The molecule has 0 spiro atoms. The van der Waals surface area contributed by atoms with Crippen LogP contribution in [0.2, 0.25) is 5.02 Å². The summed E-state index contributed by atoms with van der Waals surface area (Å²) in [6.45, 7) is 1.87. The topological polar surface area (TPSA) is 33.3 Å². The molecule has 0 atom stereocenters. The summed E-state index contributed by atoms with van der Waals surface area (Å²) in [7, 11) is 0. The van der Waals surface area contributed by atoms with Gasteiger partial charge in [-0.2, -0.15) is 0 Å². The maximum Gasteiger partial charge on any atom is 0.573 e. The van der Waals surface area contributed by atoms with Crippen molar-refractivity contribution in [2.45, 2.75) is 13.3 Å². The molecule has 3 nitrogen and oxygen atoms in total. The van der Waals surface area contributed by atoms with E-state index < -0.39 is 6.36 Å². The molecule has 0 aliphatic heterocycles. The number of rotatable bonds is 3. The van der Waals surface area contributed by atoms with Crippen molar-refractivity contribution >= 4 is 40.3 Å². The number of hydrogen-bond acceptors (Lipinski definition) is 2. The van der Waals surface area contributed by atoms with Crippen molar-refractivity contribution in [3.63, 3.8) is 0 Å². The molecule has 0 bridgehead atoms. The Morgan fingerprint density at radius 1 is 1.09 bits per heavy atom. The van der Waals surface area contributed by atoms with Crippen molar-refractivity contribution in [1.82, 2.24) is 0 Å². The van der Waals surface area contributed by atoms with Crippen LogP contribution in [-0.2, 0) is 0 Å². The summed E-state index contributed by atoms with van der Waals surface area (Å²) in [5.41, 5.74) is 1.95. The molecule has 0 unspecified atom stereocenters. The quantitative estimate of drug-likeness (QED) is 0.722. The SMILES string of the molecule is Cc1ccc(NC(=S)Nc2cccc(OC(F)(F)F)c2)cc1Cl. The van der Waals surface area contributed by atoms with E-state index in [1.165, 1.54) is 18.2 Å². The second kappa shape index (κ2) is 7.06. The Bertz CT molecular complexity index is 722. The molecule has 122 valence electrons. The first-order valence-corrected chi connectivity index (χ1v) is 7.21. The lowest BCUT2D eigenvalue weighted by atomic mass is 10.2. The number of alkyl halides is 3. The van der Waals surface area contributed by atoms with Gasteiger partial charge in [-0.15, -0.1) is 13.2 Å². The molecule has 0 aromatic heterocycles. The van der Waals surface area contributed by atoms with E-state index in [1.54, 1.807) is 18.2 Å². The van der Waals surface area contributed by atoms with Gasteiger partial charge in [0.25, 0.3) is 0 Å². The number of hydrogen-bond donors (Lipinski definition) is 2. The highest BCUT2D eigenvalue weighted by Crippen LogP contribution is 2.25. The van der Waals surface area contributed by atoms with Crippen LogP contribution in [0.3, 0.4) is 0 Å². The van der Waals surface area contributed by atoms with Crippen molar-refractivity contribution in [3.05, 3.63) is 53.1 Å². The molecule has 2 rings (SSSR count). The molecule has 0 saturated carbocycles. The van der Waals surface area contributed by atoms with Crippen LogP contribution in [-0.4, -0.2) is 11.5 Å². The second-order valence-electron chi connectivity index (χ2n) is 4.62. The van der Waals surface area contributed by atoms with E-state index in [0.717, 1.165) is 5.56 Å². The standard InChI is InChI=1S/C15H12ClF3N2OS/c1-9-5-6-11(8-13(9)16)21-14(23)20-10-3-2-4-12(7-10)22-15(17,18)19/h2-8H,1H3,(H2,20,21,23). The first-order valence-electron chi connectivity index (χ1n) is 6.43. The van der Waals surface area contributed by atoms with Crippen molar-refractivity contribution < 1.29 is 17.9 Å². The summed E-state index contributed by atoms with van der Waals surface area (Å²) < 4.78 is 40.5. The highest BCUT2D eigenvalue weighted by molar-refractivity contribution is 7.80. The Labute approximate surface area is 141 Å². The van der Waals surface area contributed by atoms with Crippen LogP contribution in [0.4, 0.5) is 24.5 Å². The smallest absolute Gasteiger partial charge is 0.406 e. The Hall–Kier alpha value is -1.99. The van der Waals surface area contributed by atoms with Crippen LogP contribution in [0.5, 0.6) is 5.75 Å². The van der Waals surface area contributed by atoms with Crippen molar-refractivity contribution in [2.75, 3.05) is 10.6 Å². The zero-order valence-electron chi connectivity index (χ0n) is 11.9. The van der Waals surface area contributed by atoms with E-state index in [2.05, 4.69) is 15.4 Å². The maximum absolute atomic E-state index is 12.2. The monoisotopic (exact) mass is 360 g/mol. The minimum absolute atomic E-state index is 0.217. The Balaban J connectivity index is 2.02. The molecule has 0 aliphatic carbocycles. The summed E-state index contributed by atoms with van der Waals surface area (Å²) in [6.07, 6.45) is -4.74. The van der Waals surface area contributed by atoms with Crippen molar-refractivity contribution in [3.8, 4) is 5.75 Å². The highest BCUT2D eigenvalue weighted by atomic mass is 35.5. The molecule has 2 aromatic carbocycles.